The predicted molar refractivity (Wildman–Crippen MR) is 85.6 cm³/mol. The van der Waals surface area contributed by atoms with Crippen LogP contribution in [0.3, 0.4) is 0 Å². The summed E-state index contributed by atoms with van der Waals surface area (Å²) >= 11 is 0. The van der Waals surface area contributed by atoms with Crippen LogP contribution in [-0.2, 0) is 0 Å². The zero-order chi connectivity index (χ0) is 17.3. The van der Waals surface area contributed by atoms with Gasteiger partial charge in [-0.3, -0.25) is 10.1 Å². The number of hydrogen-bond donors (Lipinski definition) is 0. The van der Waals surface area contributed by atoms with Crippen LogP contribution in [0, 0.1) is 17.0 Å². The van der Waals surface area contributed by atoms with E-state index in [2.05, 4.69) is 0 Å². The molecule has 0 amide bonds. The zero-order valence-corrected chi connectivity index (χ0v) is 12.9. The summed E-state index contributed by atoms with van der Waals surface area (Å²) in [5.74, 6) is 0.0459. The monoisotopic (exact) mass is 327 g/mol. The van der Waals surface area contributed by atoms with Crippen molar-refractivity contribution < 1.29 is 23.6 Å². The Balaban J connectivity index is 1.93. The van der Waals surface area contributed by atoms with E-state index in [1.54, 1.807) is 32.2 Å². The number of rotatable bonds is 4. The summed E-state index contributed by atoms with van der Waals surface area (Å²) in [7, 11) is 1.55. The third-order valence-electron chi connectivity index (χ3n) is 3.57. The van der Waals surface area contributed by atoms with Crippen molar-refractivity contribution in [3.8, 4) is 11.5 Å². The van der Waals surface area contributed by atoms with E-state index in [9.17, 15) is 14.9 Å². The molecule has 3 rings (SSSR count). The van der Waals surface area contributed by atoms with E-state index in [-0.39, 0.29) is 17.2 Å². The number of aryl methyl sites for hydroxylation is 1. The summed E-state index contributed by atoms with van der Waals surface area (Å²) < 4.78 is 15.9. The van der Waals surface area contributed by atoms with Gasteiger partial charge in [0.1, 0.15) is 17.1 Å². The van der Waals surface area contributed by atoms with Crippen molar-refractivity contribution in [2.24, 2.45) is 0 Å². The molecular weight excluding hydrogens is 314 g/mol. The van der Waals surface area contributed by atoms with Crippen molar-refractivity contribution in [3.05, 3.63) is 63.9 Å². The van der Waals surface area contributed by atoms with Crippen LogP contribution < -0.4 is 9.47 Å². The van der Waals surface area contributed by atoms with Gasteiger partial charge in [-0.1, -0.05) is 6.07 Å². The molecule has 7 nitrogen and oxygen atoms in total. The average Bonchev–Trinajstić information content (AvgIpc) is 2.91. The van der Waals surface area contributed by atoms with E-state index in [0.717, 1.165) is 5.39 Å². The Labute approximate surface area is 136 Å². The normalized spacial score (nSPS) is 10.6. The maximum absolute atomic E-state index is 12.3. The number of hydrogen-bond acceptors (Lipinski definition) is 6. The number of carbonyl (C=O) groups is 1. The number of non-ortho nitro benzene ring substituents is 1. The second kappa shape index (κ2) is 6.04. The van der Waals surface area contributed by atoms with Crippen molar-refractivity contribution in [1.29, 1.82) is 0 Å². The summed E-state index contributed by atoms with van der Waals surface area (Å²) in [4.78, 5) is 22.5. The summed E-state index contributed by atoms with van der Waals surface area (Å²) in [5.41, 5.74) is 0.977. The van der Waals surface area contributed by atoms with E-state index < -0.39 is 10.9 Å². The van der Waals surface area contributed by atoms with Gasteiger partial charge in [-0.25, -0.2) is 4.79 Å². The van der Waals surface area contributed by atoms with Gasteiger partial charge in [0.2, 0.25) is 5.76 Å². The highest BCUT2D eigenvalue weighted by atomic mass is 16.6. The highest BCUT2D eigenvalue weighted by Gasteiger charge is 2.21. The first kappa shape index (κ1) is 15.5. The standard InChI is InChI=1S/C17H13NO6/c1-10-14-9-12(22-2)6-7-15(14)24-16(10)17(19)23-13-5-3-4-11(8-13)18(20)21/h3-9H,1-2H3. The lowest BCUT2D eigenvalue weighted by molar-refractivity contribution is -0.384. The first-order chi connectivity index (χ1) is 11.5. The van der Waals surface area contributed by atoms with Crippen molar-refractivity contribution in [1.82, 2.24) is 0 Å². The molecule has 1 heterocycles. The van der Waals surface area contributed by atoms with Crippen molar-refractivity contribution >= 4 is 22.6 Å². The Morgan fingerprint density at radius 1 is 1.17 bits per heavy atom. The number of methoxy groups -OCH3 is 1. The Morgan fingerprint density at radius 3 is 2.67 bits per heavy atom. The molecule has 0 saturated carbocycles. The van der Waals surface area contributed by atoms with Crippen molar-refractivity contribution in [3.63, 3.8) is 0 Å². The van der Waals surface area contributed by atoms with Crippen molar-refractivity contribution in [2.75, 3.05) is 7.11 Å². The Morgan fingerprint density at radius 2 is 1.96 bits per heavy atom. The largest absolute Gasteiger partial charge is 0.497 e. The van der Waals surface area contributed by atoms with Crippen LogP contribution in [0.5, 0.6) is 11.5 Å². The van der Waals surface area contributed by atoms with E-state index in [1.165, 1.54) is 24.3 Å². The van der Waals surface area contributed by atoms with E-state index >= 15 is 0 Å². The number of ether oxygens (including phenoxy) is 2. The predicted octanol–water partition coefficient (Wildman–Crippen LogP) is 3.88. The molecule has 24 heavy (non-hydrogen) atoms. The van der Waals surface area contributed by atoms with E-state index in [1.807, 2.05) is 0 Å². The molecule has 0 aliphatic carbocycles. The summed E-state index contributed by atoms with van der Waals surface area (Å²) in [6.45, 7) is 1.73. The molecule has 7 heteroatoms. The molecule has 2 aromatic carbocycles. The number of nitro groups is 1. The number of nitrogens with zero attached hydrogens (tertiary/aromatic N) is 1. The van der Waals surface area contributed by atoms with E-state index in [4.69, 9.17) is 13.9 Å². The Kier molecular flexibility index (Phi) is 3.91. The van der Waals surface area contributed by atoms with Gasteiger partial charge in [-0.15, -0.1) is 0 Å². The molecule has 122 valence electrons. The minimum absolute atomic E-state index is 0.0461. The lowest BCUT2D eigenvalue weighted by Gasteiger charge is -2.02. The molecule has 0 atom stereocenters. The fourth-order valence-corrected chi connectivity index (χ4v) is 2.34. The summed E-state index contributed by atoms with van der Waals surface area (Å²) in [5, 5.41) is 11.5. The second-order valence-electron chi connectivity index (χ2n) is 5.06. The molecule has 0 saturated heterocycles. The van der Waals surface area contributed by atoms with Gasteiger partial charge in [0, 0.05) is 17.0 Å². The first-order valence-corrected chi connectivity index (χ1v) is 7.03. The van der Waals surface area contributed by atoms with Crippen LogP contribution >= 0.6 is 0 Å². The minimum Gasteiger partial charge on any atom is -0.497 e. The molecule has 0 N–H and O–H groups in total. The van der Waals surface area contributed by atoms with Gasteiger partial charge in [0.15, 0.2) is 0 Å². The molecule has 0 radical (unpaired) electrons. The van der Waals surface area contributed by atoms with Crippen LogP contribution in [0.2, 0.25) is 0 Å². The third kappa shape index (κ3) is 2.79. The smallest absolute Gasteiger partial charge is 0.379 e. The van der Waals surface area contributed by atoms with Crippen LogP contribution in [0.4, 0.5) is 5.69 Å². The number of nitro benzene ring substituents is 1. The van der Waals surface area contributed by atoms with Gasteiger partial charge in [-0.2, -0.15) is 0 Å². The van der Waals surface area contributed by atoms with Crippen LogP contribution in [0.25, 0.3) is 11.0 Å². The molecule has 0 fully saturated rings. The van der Waals surface area contributed by atoms with Crippen molar-refractivity contribution in [2.45, 2.75) is 6.92 Å². The number of furan rings is 1. The number of fused-ring (bicyclic) bond motifs is 1. The molecule has 0 spiro atoms. The highest BCUT2D eigenvalue weighted by molar-refractivity contribution is 5.97. The summed E-state index contributed by atoms with van der Waals surface area (Å²) in [6.07, 6.45) is 0. The molecule has 0 bridgehead atoms. The average molecular weight is 327 g/mol. The lowest BCUT2D eigenvalue weighted by Crippen LogP contribution is -2.08. The molecular formula is C17H13NO6. The zero-order valence-electron chi connectivity index (χ0n) is 12.9. The Hall–Kier alpha value is -3.35. The minimum atomic E-state index is -0.719. The number of benzene rings is 2. The van der Waals surface area contributed by atoms with Crippen LogP contribution in [-0.4, -0.2) is 18.0 Å². The fraction of sp³-hybridized carbons (Fsp3) is 0.118. The second-order valence-corrected chi connectivity index (χ2v) is 5.06. The topological polar surface area (TPSA) is 91.8 Å². The van der Waals surface area contributed by atoms with E-state index in [0.29, 0.717) is 16.9 Å². The molecule has 1 aromatic heterocycles. The fourth-order valence-electron chi connectivity index (χ4n) is 2.34. The molecule has 0 unspecified atom stereocenters. The van der Waals surface area contributed by atoms with Gasteiger partial charge in [0.05, 0.1) is 18.1 Å². The van der Waals surface area contributed by atoms with Gasteiger partial charge in [-0.05, 0) is 31.2 Å². The van der Waals surface area contributed by atoms with Gasteiger partial charge < -0.3 is 13.9 Å². The number of esters is 1. The maximum Gasteiger partial charge on any atom is 0.379 e. The Bertz CT molecular complexity index is 943. The van der Waals surface area contributed by atoms with Gasteiger partial charge >= 0.3 is 5.97 Å². The highest BCUT2D eigenvalue weighted by Crippen LogP contribution is 2.30. The number of carbonyl (C=O) groups excluding carboxylic acids is 1. The quantitative estimate of drug-likeness (QED) is 0.312. The van der Waals surface area contributed by atoms with Crippen LogP contribution in [0.1, 0.15) is 16.1 Å². The SMILES string of the molecule is COc1ccc2oc(C(=O)Oc3cccc([N+](=O)[O-])c3)c(C)c2c1. The van der Waals surface area contributed by atoms with Crippen LogP contribution in [0.15, 0.2) is 46.9 Å². The summed E-state index contributed by atoms with van der Waals surface area (Å²) in [6, 6.07) is 10.6. The molecule has 0 aliphatic heterocycles. The maximum atomic E-state index is 12.3. The third-order valence-corrected chi connectivity index (χ3v) is 3.57. The lowest BCUT2D eigenvalue weighted by atomic mass is 10.1. The van der Waals surface area contributed by atoms with Gasteiger partial charge in [0.25, 0.3) is 5.69 Å². The first-order valence-electron chi connectivity index (χ1n) is 7.03. The molecule has 0 aliphatic rings. The molecule has 3 aromatic rings.